The lowest BCUT2D eigenvalue weighted by atomic mass is 10.1. The van der Waals surface area contributed by atoms with E-state index in [1.54, 1.807) is 18.4 Å². The van der Waals surface area contributed by atoms with Crippen LogP contribution in [-0.2, 0) is 17.9 Å². The Morgan fingerprint density at radius 3 is 2.71 bits per heavy atom. The van der Waals surface area contributed by atoms with Crippen molar-refractivity contribution in [2.75, 3.05) is 25.6 Å². The molecule has 5 heteroatoms. The van der Waals surface area contributed by atoms with Gasteiger partial charge in [0, 0.05) is 32.1 Å². The third kappa shape index (κ3) is 4.26. The van der Waals surface area contributed by atoms with E-state index in [-0.39, 0.29) is 0 Å². The van der Waals surface area contributed by atoms with Crippen molar-refractivity contribution in [3.63, 3.8) is 0 Å². The van der Waals surface area contributed by atoms with E-state index in [9.17, 15) is 0 Å². The van der Waals surface area contributed by atoms with Crippen LogP contribution in [0.2, 0.25) is 0 Å². The predicted molar refractivity (Wildman–Crippen MR) is 73.4 cm³/mol. The number of ether oxygens (including phenoxy) is 1. The molecule has 1 rings (SSSR count). The Morgan fingerprint density at radius 1 is 1.47 bits per heavy atom. The number of methoxy groups -OCH3 is 1. The van der Waals surface area contributed by atoms with Gasteiger partial charge < -0.3 is 15.4 Å². The molecule has 1 heterocycles. The third-order valence-corrected chi connectivity index (χ3v) is 3.84. The molecule has 0 aromatic carbocycles. The lowest BCUT2D eigenvalue weighted by Gasteiger charge is -2.16. The standard InChI is InChI=1S/C12H23N3OS/c1-9(2)5-6-15(3)12-14-10(8-16-4)11(7-13)17-12/h9H,5-8,13H2,1-4H3. The third-order valence-electron chi connectivity index (χ3n) is 2.60. The largest absolute Gasteiger partial charge is 0.378 e. The summed E-state index contributed by atoms with van der Waals surface area (Å²) < 4.78 is 5.13. The van der Waals surface area contributed by atoms with E-state index in [4.69, 9.17) is 10.5 Å². The van der Waals surface area contributed by atoms with Crippen LogP contribution in [-0.4, -0.2) is 25.7 Å². The molecule has 0 saturated heterocycles. The highest BCUT2D eigenvalue weighted by molar-refractivity contribution is 7.15. The minimum Gasteiger partial charge on any atom is -0.378 e. The molecule has 0 atom stereocenters. The summed E-state index contributed by atoms with van der Waals surface area (Å²) in [5, 5.41) is 1.04. The number of rotatable bonds is 7. The Morgan fingerprint density at radius 2 is 2.18 bits per heavy atom. The molecule has 0 aliphatic heterocycles. The molecule has 17 heavy (non-hydrogen) atoms. The van der Waals surface area contributed by atoms with Gasteiger partial charge in [-0.2, -0.15) is 0 Å². The van der Waals surface area contributed by atoms with Crippen LogP contribution in [0.5, 0.6) is 0 Å². The van der Waals surface area contributed by atoms with Gasteiger partial charge in [0.2, 0.25) is 0 Å². The number of aromatic nitrogens is 1. The zero-order chi connectivity index (χ0) is 12.8. The van der Waals surface area contributed by atoms with Crippen molar-refractivity contribution in [1.29, 1.82) is 0 Å². The molecule has 0 fully saturated rings. The number of hydrogen-bond donors (Lipinski definition) is 1. The van der Waals surface area contributed by atoms with E-state index in [2.05, 4.69) is 30.8 Å². The molecule has 2 N–H and O–H groups in total. The van der Waals surface area contributed by atoms with Gasteiger partial charge in [0.25, 0.3) is 0 Å². The molecule has 1 aromatic rings. The molecule has 0 bridgehead atoms. The molecule has 0 spiro atoms. The fourth-order valence-electron chi connectivity index (χ4n) is 1.49. The van der Waals surface area contributed by atoms with Crippen LogP contribution in [0.1, 0.15) is 30.8 Å². The van der Waals surface area contributed by atoms with Gasteiger partial charge in [-0.15, -0.1) is 11.3 Å². The Bertz CT molecular complexity index is 338. The second-order valence-corrected chi connectivity index (χ2v) is 5.67. The quantitative estimate of drug-likeness (QED) is 0.814. The normalized spacial score (nSPS) is 11.2. The highest BCUT2D eigenvalue weighted by atomic mass is 32.1. The summed E-state index contributed by atoms with van der Waals surface area (Å²) in [6, 6.07) is 0. The van der Waals surface area contributed by atoms with Crippen LogP contribution >= 0.6 is 11.3 Å². The second-order valence-electron chi connectivity index (χ2n) is 4.61. The van der Waals surface area contributed by atoms with E-state index in [0.29, 0.717) is 19.1 Å². The van der Waals surface area contributed by atoms with E-state index in [1.165, 1.54) is 6.42 Å². The fraction of sp³-hybridized carbons (Fsp3) is 0.750. The van der Waals surface area contributed by atoms with Crippen LogP contribution in [0.4, 0.5) is 5.13 Å². The van der Waals surface area contributed by atoms with Gasteiger partial charge in [0.15, 0.2) is 5.13 Å². The molecule has 0 aliphatic rings. The Hall–Kier alpha value is -0.650. The van der Waals surface area contributed by atoms with Crippen molar-refractivity contribution in [3.8, 4) is 0 Å². The van der Waals surface area contributed by atoms with Crippen LogP contribution in [0.3, 0.4) is 0 Å². The fourth-order valence-corrected chi connectivity index (χ4v) is 2.42. The lowest BCUT2D eigenvalue weighted by molar-refractivity contribution is 0.181. The smallest absolute Gasteiger partial charge is 0.185 e. The average Bonchev–Trinajstić information content (AvgIpc) is 2.69. The molecular weight excluding hydrogens is 234 g/mol. The van der Waals surface area contributed by atoms with Crippen molar-refractivity contribution in [1.82, 2.24) is 4.98 Å². The van der Waals surface area contributed by atoms with E-state index >= 15 is 0 Å². The average molecular weight is 257 g/mol. The number of nitrogens with two attached hydrogens (primary N) is 1. The van der Waals surface area contributed by atoms with Crippen molar-refractivity contribution in [3.05, 3.63) is 10.6 Å². The number of anilines is 1. The molecule has 0 saturated carbocycles. The molecular formula is C12H23N3OS. The summed E-state index contributed by atoms with van der Waals surface area (Å²) in [7, 11) is 3.76. The maximum atomic E-state index is 5.71. The monoisotopic (exact) mass is 257 g/mol. The van der Waals surface area contributed by atoms with Crippen LogP contribution < -0.4 is 10.6 Å². The highest BCUT2D eigenvalue weighted by Crippen LogP contribution is 2.26. The second kappa shape index (κ2) is 6.93. The maximum Gasteiger partial charge on any atom is 0.185 e. The molecule has 4 nitrogen and oxygen atoms in total. The first-order valence-corrected chi connectivity index (χ1v) is 6.78. The topological polar surface area (TPSA) is 51.4 Å². The van der Waals surface area contributed by atoms with E-state index < -0.39 is 0 Å². The van der Waals surface area contributed by atoms with Gasteiger partial charge in [-0.3, -0.25) is 0 Å². The first-order valence-electron chi connectivity index (χ1n) is 5.97. The van der Waals surface area contributed by atoms with Crippen molar-refractivity contribution < 1.29 is 4.74 Å². The number of hydrogen-bond acceptors (Lipinski definition) is 5. The molecule has 0 aliphatic carbocycles. The molecule has 0 amide bonds. The Labute approximate surface area is 108 Å². The van der Waals surface area contributed by atoms with Gasteiger partial charge in [-0.05, 0) is 12.3 Å². The van der Waals surface area contributed by atoms with E-state index in [1.807, 2.05) is 0 Å². The first kappa shape index (κ1) is 14.4. The first-order chi connectivity index (χ1) is 8.08. The molecule has 98 valence electrons. The van der Waals surface area contributed by atoms with Crippen molar-refractivity contribution in [2.45, 2.75) is 33.4 Å². The Kier molecular flexibility index (Phi) is 5.88. The summed E-state index contributed by atoms with van der Waals surface area (Å²) in [6.07, 6.45) is 1.17. The summed E-state index contributed by atoms with van der Waals surface area (Å²) in [5.74, 6) is 0.713. The van der Waals surface area contributed by atoms with Gasteiger partial charge in [0.1, 0.15) is 0 Å². The maximum absolute atomic E-state index is 5.71. The molecule has 0 radical (unpaired) electrons. The zero-order valence-electron chi connectivity index (χ0n) is 11.2. The van der Waals surface area contributed by atoms with Gasteiger partial charge in [0.05, 0.1) is 12.3 Å². The molecule has 1 aromatic heterocycles. The lowest BCUT2D eigenvalue weighted by Crippen LogP contribution is -2.19. The summed E-state index contributed by atoms with van der Waals surface area (Å²) in [4.78, 5) is 7.91. The minimum atomic E-state index is 0.536. The van der Waals surface area contributed by atoms with Crippen molar-refractivity contribution in [2.24, 2.45) is 11.7 Å². The number of nitrogens with zero attached hydrogens (tertiary/aromatic N) is 2. The zero-order valence-corrected chi connectivity index (χ0v) is 12.0. The van der Waals surface area contributed by atoms with Crippen LogP contribution in [0.25, 0.3) is 0 Å². The van der Waals surface area contributed by atoms with Gasteiger partial charge in [-0.1, -0.05) is 13.8 Å². The Balaban J connectivity index is 2.69. The minimum absolute atomic E-state index is 0.536. The van der Waals surface area contributed by atoms with Gasteiger partial charge >= 0.3 is 0 Å². The van der Waals surface area contributed by atoms with Crippen molar-refractivity contribution >= 4 is 16.5 Å². The summed E-state index contributed by atoms with van der Waals surface area (Å²) in [5.41, 5.74) is 6.69. The molecule has 0 unspecified atom stereocenters. The number of thiazole rings is 1. The van der Waals surface area contributed by atoms with Crippen LogP contribution in [0.15, 0.2) is 0 Å². The van der Waals surface area contributed by atoms with Gasteiger partial charge in [-0.25, -0.2) is 4.98 Å². The van der Waals surface area contributed by atoms with E-state index in [0.717, 1.165) is 22.2 Å². The summed E-state index contributed by atoms with van der Waals surface area (Å²) in [6.45, 7) is 6.58. The highest BCUT2D eigenvalue weighted by Gasteiger charge is 2.13. The summed E-state index contributed by atoms with van der Waals surface area (Å²) >= 11 is 1.67. The van der Waals surface area contributed by atoms with Crippen LogP contribution in [0, 0.1) is 5.92 Å². The predicted octanol–water partition coefficient (Wildman–Crippen LogP) is 2.23. The SMILES string of the molecule is COCc1nc(N(C)CCC(C)C)sc1CN.